The summed E-state index contributed by atoms with van der Waals surface area (Å²) in [6, 6.07) is 10.8. The molecule has 0 bridgehead atoms. The first-order chi connectivity index (χ1) is 14.6. The van der Waals surface area contributed by atoms with Crippen LogP contribution >= 0.6 is 11.3 Å². The number of nitrogens with zero attached hydrogens (tertiary/aromatic N) is 3. The highest BCUT2D eigenvalue weighted by atomic mass is 32.1. The van der Waals surface area contributed by atoms with Crippen LogP contribution in [0.3, 0.4) is 0 Å². The zero-order valence-corrected chi connectivity index (χ0v) is 16.6. The standard InChI is InChI=1S/C21H18N4O4S/c26-16-9-13(17-2-1-7-30-17)8-15-19(16)20(25-21(24-15)22-11-23-25)12-3-5-14(6-4-12)29-10-18(27)28/h1-7,11,13,20H,8-10H2,(H,27,28)(H,22,23,24)/t13-,20+/m0/s1. The Morgan fingerprint density at radius 3 is 2.83 bits per heavy atom. The molecule has 2 atom stereocenters. The number of ketones is 1. The maximum absolute atomic E-state index is 13.2. The van der Waals surface area contributed by atoms with Crippen molar-refractivity contribution in [3.8, 4) is 5.75 Å². The Kier molecular flexibility index (Phi) is 4.59. The molecule has 30 heavy (non-hydrogen) atoms. The summed E-state index contributed by atoms with van der Waals surface area (Å²) in [4.78, 5) is 29.5. The lowest BCUT2D eigenvalue weighted by molar-refractivity contribution is -0.139. The number of benzene rings is 1. The van der Waals surface area contributed by atoms with Crippen molar-refractivity contribution >= 4 is 29.0 Å². The van der Waals surface area contributed by atoms with Gasteiger partial charge in [0.1, 0.15) is 18.1 Å². The Bertz CT molecular complexity index is 1130. The molecule has 0 spiro atoms. The monoisotopic (exact) mass is 422 g/mol. The van der Waals surface area contributed by atoms with Gasteiger partial charge in [0.15, 0.2) is 12.4 Å². The molecule has 152 valence electrons. The fourth-order valence-corrected chi connectivity index (χ4v) is 4.91. The zero-order chi connectivity index (χ0) is 20.7. The van der Waals surface area contributed by atoms with Crippen molar-refractivity contribution in [2.75, 3.05) is 11.9 Å². The van der Waals surface area contributed by atoms with Crippen LogP contribution in [-0.2, 0) is 9.59 Å². The minimum absolute atomic E-state index is 0.0968. The van der Waals surface area contributed by atoms with E-state index in [1.54, 1.807) is 28.2 Å². The molecule has 8 nitrogen and oxygen atoms in total. The average Bonchev–Trinajstić information content (AvgIpc) is 3.43. The highest BCUT2D eigenvalue weighted by molar-refractivity contribution is 7.10. The average molecular weight is 422 g/mol. The number of hydrogen-bond acceptors (Lipinski definition) is 7. The quantitative estimate of drug-likeness (QED) is 0.650. The van der Waals surface area contributed by atoms with Crippen LogP contribution in [0.5, 0.6) is 5.75 Å². The number of aliphatic carboxylic acids is 1. The molecular formula is C21H18N4O4S. The summed E-state index contributed by atoms with van der Waals surface area (Å²) in [7, 11) is 0. The minimum Gasteiger partial charge on any atom is -0.482 e. The van der Waals surface area contributed by atoms with Crippen molar-refractivity contribution in [1.29, 1.82) is 0 Å². The Labute approximate surface area is 175 Å². The van der Waals surface area contributed by atoms with E-state index >= 15 is 0 Å². The summed E-state index contributed by atoms with van der Waals surface area (Å²) in [5.41, 5.74) is 2.46. The number of carbonyl (C=O) groups excluding carboxylic acids is 1. The van der Waals surface area contributed by atoms with Crippen molar-refractivity contribution in [3.63, 3.8) is 0 Å². The van der Waals surface area contributed by atoms with Crippen molar-refractivity contribution in [2.24, 2.45) is 0 Å². The molecule has 0 saturated carbocycles. The van der Waals surface area contributed by atoms with Gasteiger partial charge in [0.05, 0.1) is 0 Å². The van der Waals surface area contributed by atoms with E-state index in [4.69, 9.17) is 9.84 Å². The lowest BCUT2D eigenvalue weighted by atomic mass is 9.80. The molecule has 2 aromatic heterocycles. The molecule has 3 aromatic rings. The van der Waals surface area contributed by atoms with Gasteiger partial charge in [-0.2, -0.15) is 10.1 Å². The second-order valence-corrected chi connectivity index (χ2v) is 8.22. The highest BCUT2D eigenvalue weighted by Gasteiger charge is 2.39. The van der Waals surface area contributed by atoms with Crippen LogP contribution in [0.15, 0.2) is 59.4 Å². The summed E-state index contributed by atoms with van der Waals surface area (Å²) >= 11 is 1.67. The van der Waals surface area contributed by atoms with Crippen molar-refractivity contribution in [1.82, 2.24) is 14.8 Å². The number of nitrogens with one attached hydrogen (secondary N) is 1. The molecule has 0 fully saturated rings. The van der Waals surface area contributed by atoms with E-state index in [-0.39, 0.29) is 17.7 Å². The molecule has 1 aliphatic heterocycles. The zero-order valence-electron chi connectivity index (χ0n) is 15.8. The number of carbonyl (C=O) groups is 2. The second kappa shape index (κ2) is 7.42. The molecule has 0 saturated heterocycles. The third-order valence-corrected chi connectivity index (χ3v) is 6.40. The number of aromatic nitrogens is 3. The number of anilines is 1. The Morgan fingerprint density at radius 2 is 2.10 bits per heavy atom. The minimum atomic E-state index is -1.03. The van der Waals surface area contributed by atoms with Gasteiger partial charge in [-0.25, -0.2) is 9.48 Å². The van der Waals surface area contributed by atoms with Gasteiger partial charge in [0.25, 0.3) is 0 Å². The summed E-state index contributed by atoms with van der Waals surface area (Å²) in [6.45, 7) is -0.405. The first-order valence-corrected chi connectivity index (χ1v) is 10.4. The number of carboxylic acid groups (broad SMARTS) is 1. The lowest BCUT2D eigenvalue weighted by Crippen LogP contribution is -2.33. The van der Waals surface area contributed by atoms with Crippen molar-refractivity contribution in [2.45, 2.75) is 24.8 Å². The highest BCUT2D eigenvalue weighted by Crippen LogP contribution is 2.44. The molecular weight excluding hydrogens is 404 g/mol. The number of fused-ring (bicyclic) bond motifs is 1. The van der Waals surface area contributed by atoms with Gasteiger partial charge in [0, 0.05) is 28.5 Å². The van der Waals surface area contributed by atoms with Crippen LogP contribution in [0.2, 0.25) is 0 Å². The molecule has 1 aromatic carbocycles. The molecule has 9 heteroatoms. The molecule has 0 amide bonds. The SMILES string of the molecule is O=C(O)COc1ccc([C@@H]2C3=C(C[C@H](c4cccs4)CC3=O)Nc3ncnn32)cc1. The number of Topliss-reactive ketones (excluding diaryl/α,β-unsaturated/α-hetero) is 1. The fraction of sp³-hybridized carbons (Fsp3) is 0.238. The van der Waals surface area contributed by atoms with Gasteiger partial charge in [0.2, 0.25) is 5.95 Å². The van der Waals surface area contributed by atoms with Gasteiger partial charge >= 0.3 is 5.97 Å². The number of thiophene rings is 1. The predicted octanol–water partition coefficient (Wildman–Crippen LogP) is 3.22. The van der Waals surface area contributed by atoms with Crippen LogP contribution in [0.25, 0.3) is 0 Å². The van der Waals surface area contributed by atoms with Gasteiger partial charge in [-0.15, -0.1) is 11.3 Å². The van der Waals surface area contributed by atoms with E-state index in [1.807, 2.05) is 23.6 Å². The normalized spacial score (nSPS) is 20.3. The smallest absolute Gasteiger partial charge is 0.341 e. The van der Waals surface area contributed by atoms with Crippen LogP contribution in [0.1, 0.15) is 35.2 Å². The molecule has 5 rings (SSSR count). The van der Waals surface area contributed by atoms with E-state index in [2.05, 4.69) is 21.5 Å². The summed E-state index contributed by atoms with van der Waals surface area (Å²) in [5, 5.41) is 18.5. The van der Waals surface area contributed by atoms with E-state index in [1.165, 1.54) is 11.2 Å². The van der Waals surface area contributed by atoms with Gasteiger partial charge < -0.3 is 15.2 Å². The van der Waals surface area contributed by atoms with E-state index in [0.717, 1.165) is 17.7 Å². The van der Waals surface area contributed by atoms with E-state index in [9.17, 15) is 9.59 Å². The molecule has 2 N–H and O–H groups in total. The summed E-state index contributed by atoms with van der Waals surface area (Å²) in [6.07, 6.45) is 2.67. The second-order valence-electron chi connectivity index (χ2n) is 7.24. The Balaban J connectivity index is 1.51. The topological polar surface area (TPSA) is 106 Å². The van der Waals surface area contributed by atoms with Crippen LogP contribution < -0.4 is 10.1 Å². The van der Waals surface area contributed by atoms with Gasteiger partial charge in [-0.1, -0.05) is 18.2 Å². The molecule has 1 aliphatic carbocycles. The summed E-state index contributed by atoms with van der Waals surface area (Å²) < 4.78 is 6.94. The third-order valence-electron chi connectivity index (χ3n) is 5.37. The largest absolute Gasteiger partial charge is 0.482 e. The first kappa shape index (κ1) is 18.6. The maximum Gasteiger partial charge on any atom is 0.341 e. The number of rotatable bonds is 5. The molecule has 2 aliphatic rings. The predicted molar refractivity (Wildman–Crippen MR) is 110 cm³/mol. The van der Waals surface area contributed by atoms with Crippen LogP contribution in [0, 0.1) is 0 Å². The van der Waals surface area contributed by atoms with E-state index in [0.29, 0.717) is 23.7 Å². The third kappa shape index (κ3) is 3.26. The number of allylic oxidation sites excluding steroid dienone is 2. The molecule has 3 heterocycles. The molecule has 0 radical (unpaired) electrons. The maximum atomic E-state index is 13.2. The number of carboxylic acids is 1. The Morgan fingerprint density at radius 1 is 1.27 bits per heavy atom. The van der Waals surface area contributed by atoms with Crippen molar-refractivity contribution < 1.29 is 19.4 Å². The van der Waals surface area contributed by atoms with E-state index < -0.39 is 12.6 Å². The van der Waals surface area contributed by atoms with Crippen LogP contribution in [0.4, 0.5) is 5.95 Å². The number of ether oxygens (including phenoxy) is 1. The fourth-order valence-electron chi connectivity index (χ4n) is 4.08. The Hall–Kier alpha value is -3.46. The van der Waals surface area contributed by atoms with Crippen molar-refractivity contribution in [3.05, 3.63) is 69.8 Å². The number of hydrogen-bond donors (Lipinski definition) is 2. The summed E-state index contributed by atoms with van der Waals surface area (Å²) in [5.74, 6) is 0.276. The molecule has 0 unspecified atom stereocenters. The van der Waals surface area contributed by atoms with Crippen LogP contribution in [-0.4, -0.2) is 38.2 Å². The van der Waals surface area contributed by atoms with Gasteiger partial charge in [-0.05, 0) is 35.6 Å². The first-order valence-electron chi connectivity index (χ1n) is 9.51. The van der Waals surface area contributed by atoms with Gasteiger partial charge in [-0.3, -0.25) is 4.79 Å². The lowest BCUT2D eigenvalue weighted by Gasteiger charge is -2.34.